The monoisotopic (exact) mass is 441 g/mol. The zero-order valence-electron chi connectivity index (χ0n) is 13.6. The number of hydrogen-bond acceptors (Lipinski definition) is 4. The van der Waals surface area contributed by atoms with E-state index in [1.54, 1.807) is 16.7 Å². The van der Waals surface area contributed by atoms with Gasteiger partial charge in [-0.25, -0.2) is 4.79 Å². The fourth-order valence-electron chi connectivity index (χ4n) is 2.50. The number of rotatable bonds is 4. The number of anilines is 1. The molecule has 0 saturated heterocycles. The molecule has 7 heteroatoms. The van der Waals surface area contributed by atoms with Gasteiger partial charge < -0.3 is 9.47 Å². The number of halogens is 2. The van der Waals surface area contributed by atoms with Gasteiger partial charge in [0.15, 0.2) is 0 Å². The predicted molar refractivity (Wildman–Crippen MR) is 105 cm³/mol. The van der Waals surface area contributed by atoms with E-state index in [4.69, 9.17) is 21.1 Å². The van der Waals surface area contributed by atoms with Crippen molar-refractivity contribution in [3.63, 3.8) is 0 Å². The summed E-state index contributed by atoms with van der Waals surface area (Å²) in [4.78, 5) is 15.1. The summed E-state index contributed by atoms with van der Waals surface area (Å²) in [6.45, 7) is 2.98. The molecule has 0 aliphatic carbocycles. The normalized spacial score (nSPS) is 13.3. The molecule has 1 heterocycles. The first-order valence-corrected chi connectivity index (χ1v) is 9.97. The lowest BCUT2D eigenvalue weighted by Crippen LogP contribution is -2.36. The van der Waals surface area contributed by atoms with Crippen LogP contribution in [0.4, 0.5) is 10.5 Å². The zero-order valence-corrected chi connectivity index (χ0v) is 16.8. The van der Waals surface area contributed by atoms with Crippen molar-refractivity contribution in [1.82, 2.24) is 0 Å². The summed E-state index contributed by atoms with van der Waals surface area (Å²) in [6.07, 6.45) is -0.355. The van der Waals surface area contributed by atoms with Crippen molar-refractivity contribution in [3.8, 4) is 5.75 Å². The van der Waals surface area contributed by atoms with E-state index in [1.165, 1.54) is 0 Å². The fraction of sp³-hybridized carbons (Fsp3) is 0.278. The first-order valence-electron chi connectivity index (χ1n) is 7.81. The molecule has 0 saturated carbocycles. The minimum Gasteiger partial charge on any atom is -0.490 e. The van der Waals surface area contributed by atoms with E-state index in [2.05, 4.69) is 15.9 Å². The van der Waals surface area contributed by atoms with Gasteiger partial charge in [-0.15, -0.1) is 11.8 Å². The molecular weight excluding hydrogens is 426 g/mol. The van der Waals surface area contributed by atoms with Crippen LogP contribution in [0.25, 0.3) is 0 Å². The van der Waals surface area contributed by atoms with Crippen LogP contribution >= 0.6 is 39.3 Å². The van der Waals surface area contributed by atoms with E-state index in [9.17, 15) is 4.79 Å². The minimum atomic E-state index is -0.355. The first kappa shape index (κ1) is 18.4. The maximum Gasteiger partial charge on any atom is 0.414 e. The SMILES string of the molecule is Cc1c(Cl)cccc1OCCOC(=O)N1CCSc2c(Br)cccc21. The Labute approximate surface area is 164 Å². The van der Waals surface area contributed by atoms with E-state index < -0.39 is 0 Å². The minimum absolute atomic E-state index is 0.178. The molecule has 1 aliphatic heterocycles. The standard InChI is InChI=1S/C18H17BrClNO3S/c1-12-14(20)5-3-7-16(12)23-9-10-24-18(22)21-8-11-25-17-13(19)4-2-6-15(17)21/h2-7H,8-11H2,1H3. The predicted octanol–water partition coefficient (Wildman–Crippen LogP) is 5.54. The van der Waals surface area contributed by atoms with Gasteiger partial charge in [0.25, 0.3) is 0 Å². The third kappa shape index (κ3) is 4.25. The summed E-state index contributed by atoms with van der Waals surface area (Å²) in [5.74, 6) is 1.54. The highest BCUT2D eigenvalue weighted by molar-refractivity contribution is 9.10. The molecule has 0 fully saturated rings. The molecule has 0 spiro atoms. The summed E-state index contributed by atoms with van der Waals surface area (Å²) >= 11 is 11.3. The maximum atomic E-state index is 12.4. The van der Waals surface area contributed by atoms with Crippen LogP contribution in [0.2, 0.25) is 5.02 Å². The zero-order chi connectivity index (χ0) is 17.8. The van der Waals surface area contributed by atoms with Gasteiger partial charge in [-0.05, 0) is 47.1 Å². The second-order valence-corrected chi connectivity index (χ2v) is 7.78. The van der Waals surface area contributed by atoms with E-state index in [0.29, 0.717) is 17.3 Å². The van der Waals surface area contributed by atoms with Crippen LogP contribution in [0.3, 0.4) is 0 Å². The average molecular weight is 443 g/mol. The third-order valence-corrected chi connectivity index (χ3v) is 6.24. The molecule has 1 amide bonds. The number of ether oxygens (including phenoxy) is 2. The van der Waals surface area contributed by atoms with Crippen molar-refractivity contribution in [2.45, 2.75) is 11.8 Å². The molecule has 25 heavy (non-hydrogen) atoms. The topological polar surface area (TPSA) is 38.8 Å². The van der Waals surface area contributed by atoms with E-state index in [0.717, 1.165) is 26.4 Å². The van der Waals surface area contributed by atoms with Crippen molar-refractivity contribution < 1.29 is 14.3 Å². The Kier molecular flexibility index (Phi) is 6.15. The lowest BCUT2D eigenvalue weighted by Gasteiger charge is -2.28. The Hall–Kier alpha value is -1.37. The quantitative estimate of drug-likeness (QED) is 0.583. The smallest absolute Gasteiger partial charge is 0.414 e. The van der Waals surface area contributed by atoms with Gasteiger partial charge >= 0.3 is 6.09 Å². The van der Waals surface area contributed by atoms with Crippen LogP contribution in [-0.2, 0) is 4.74 Å². The molecule has 132 valence electrons. The van der Waals surface area contributed by atoms with Gasteiger partial charge in [0, 0.05) is 32.3 Å². The van der Waals surface area contributed by atoms with E-state index in [1.807, 2.05) is 43.3 Å². The van der Waals surface area contributed by atoms with Crippen LogP contribution in [0.5, 0.6) is 5.75 Å². The summed E-state index contributed by atoms with van der Waals surface area (Å²) in [7, 11) is 0. The van der Waals surface area contributed by atoms with E-state index >= 15 is 0 Å². The van der Waals surface area contributed by atoms with Crippen molar-refractivity contribution in [2.24, 2.45) is 0 Å². The molecule has 0 aromatic heterocycles. The van der Waals surface area contributed by atoms with Crippen molar-refractivity contribution in [1.29, 1.82) is 0 Å². The average Bonchev–Trinajstić information content (AvgIpc) is 2.62. The van der Waals surface area contributed by atoms with Gasteiger partial charge in [-0.1, -0.05) is 23.7 Å². The van der Waals surface area contributed by atoms with Crippen LogP contribution in [0.1, 0.15) is 5.56 Å². The number of thioether (sulfide) groups is 1. The molecule has 1 aliphatic rings. The second kappa shape index (κ2) is 8.34. The Morgan fingerprint density at radius 3 is 2.92 bits per heavy atom. The Balaban J connectivity index is 1.56. The fourth-order valence-corrected chi connectivity index (χ4v) is 4.38. The van der Waals surface area contributed by atoms with Crippen LogP contribution in [0, 0.1) is 6.92 Å². The number of hydrogen-bond donors (Lipinski definition) is 0. The molecule has 2 aromatic rings. The van der Waals surface area contributed by atoms with Gasteiger partial charge in [0.1, 0.15) is 19.0 Å². The molecule has 0 unspecified atom stereocenters. The molecule has 2 aromatic carbocycles. The lowest BCUT2D eigenvalue weighted by molar-refractivity contribution is 0.131. The number of carbonyl (C=O) groups excluding carboxylic acids is 1. The first-order chi connectivity index (χ1) is 12.1. The summed E-state index contributed by atoms with van der Waals surface area (Å²) in [5.41, 5.74) is 1.75. The second-order valence-electron chi connectivity index (χ2n) is 5.41. The number of fused-ring (bicyclic) bond motifs is 1. The molecule has 3 rings (SSSR count). The van der Waals surface area contributed by atoms with Crippen LogP contribution in [-0.4, -0.2) is 31.6 Å². The van der Waals surface area contributed by atoms with Crippen molar-refractivity contribution in [2.75, 3.05) is 30.4 Å². The highest BCUT2D eigenvalue weighted by atomic mass is 79.9. The van der Waals surface area contributed by atoms with Gasteiger partial charge in [0.2, 0.25) is 0 Å². The number of nitrogens with zero attached hydrogens (tertiary/aromatic N) is 1. The molecule has 0 radical (unpaired) electrons. The number of carbonyl (C=O) groups is 1. The number of benzene rings is 2. The Morgan fingerprint density at radius 2 is 2.08 bits per heavy atom. The van der Waals surface area contributed by atoms with Gasteiger partial charge in [-0.2, -0.15) is 0 Å². The van der Waals surface area contributed by atoms with Crippen molar-refractivity contribution in [3.05, 3.63) is 51.5 Å². The highest BCUT2D eigenvalue weighted by Crippen LogP contribution is 2.40. The van der Waals surface area contributed by atoms with Crippen LogP contribution < -0.4 is 9.64 Å². The van der Waals surface area contributed by atoms with Gasteiger partial charge in [0.05, 0.1) is 5.69 Å². The van der Waals surface area contributed by atoms with Crippen molar-refractivity contribution >= 4 is 51.1 Å². The molecule has 0 N–H and O–H groups in total. The summed E-state index contributed by atoms with van der Waals surface area (Å²) in [6, 6.07) is 11.3. The van der Waals surface area contributed by atoms with Gasteiger partial charge in [-0.3, -0.25) is 4.90 Å². The molecule has 4 nitrogen and oxygen atoms in total. The molecule has 0 bridgehead atoms. The maximum absolute atomic E-state index is 12.4. The Morgan fingerprint density at radius 1 is 1.28 bits per heavy atom. The largest absolute Gasteiger partial charge is 0.490 e. The Bertz CT molecular complexity index is 787. The molecule has 0 atom stereocenters. The van der Waals surface area contributed by atoms with E-state index in [-0.39, 0.29) is 19.3 Å². The molecular formula is C18H17BrClNO3S. The third-order valence-electron chi connectivity index (χ3n) is 3.80. The van der Waals surface area contributed by atoms with Crippen LogP contribution in [0.15, 0.2) is 45.8 Å². The lowest BCUT2D eigenvalue weighted by atomic mass is 10.2. The highest BCUT2D eigenvalue weighted by Gasteiger charge is 2.25. The number of amides is 1. The summed E-state index contributed by atoms with van der Waals surface area (Å²) in [5, 5.41) is 0.655. The summed E-state index contributed by atoms with van der Waals surface area (Å²) < 4.78 is 12.0.